The number of esters is 1. The quantitative estimate of drug-likeness (QED) is 0.760. The van der Waals surface area contributed by atoms with Crippen LogP contribution in [0.1, 0.15) is 44.7 Å². The Balaban J connectivity index is 2.02. The molecule has 3 heterocycles. The van der Waals surface area contributed by atoms with Gasteiger partial charge in [-0.15, -0.1) is 0 Å². The molecule has 3 aliphatic rings. The first-order valence-electron chi connectivity index (χ1n) is 8.93. The lowest BCUT2D eigenvalue weighted by atomic mass is 9.69. The highest BCUT2D eigenvalue weighted by Crippen LogP contribution is 2.56. The summed E-state index contributed by atoms with van der Waals surface area (Å²) in [6.45, 7) is 6.09. The van der Waals surface area contributed by atoms with Crippen LogP contribution in [0.15, 0.2) is 60.7 Å². The predicted molar refractivity (Wildman–Crippen MR) is 96.0 cm³/mol. The summed E-state index contributed by atoms with van der Waals surface area (Å²) in [5, 5.41) is 0. The Morgan fingerprint density at radius 1 is 0.880 bits per heavy atom. The van der Waals surface area contributed by atoms with Gasteiger partial charge in [0.25, 0.3) is 0 Å². The Labute approximate surface area is 149 Å². The van der Waals surface area contributed by atoms with E-state index in [0.717, 1.165) is 24.0 Å². The third-order valence-electron chi connectivity index (χ3n) is 5.88. The maximum absolute atomic E-state index is 13.1. The normalized spacial score (nSPS) is 29.7. The fourth-order valence-corrected chi connectivity index (χ4v) is 4.69. The maximum atomic E-state index is 13.1. The molecule has 0 amide bonds. The molecule has 0 radical (unpaired) electrons. The molecule has 3 aliphatic heterocycles. The molecule has 0 spiro atoms. The minimum atomic E-state index is -0.949. The second-order valence-corrected chi connectivity index (χ2v) is 7.86. The van der Waals surface area contributed by atoms with Crippen molar-refractivity contribution in [3.8, 4) is 0 Å². The highest BCUT2D eigenvalue weighted by Gasteiger charge is 2.64. The number of hydrogen-bond donors (Lipinski definition) is 0. The van der Waals surface area contributed by atoms with Gasteiger partial charge >= 0.3 is 5.97 Å². The lowest BCUT2D eigenvalue weighted by Gasteiger charge is -2.50. The largest absolute Gasteiger partial charge is 0.446 e. The standard InChI is InChI=1S/C22H24O3/c1-20(2)18-14-15-21(3,25-20)22(24-19(18)23,16-10-6-4-7-11-16)17-12-8-5-9-13-17/h4-13,18H,14-15H2,1-3H3/t18-,21-/m1/s1. The highest BCUT2D eigenvalue weighted by molar-refractivity contribution is 5.76. The van der Waals surface area contributed by atoms with Gasteiger partial charge in [-0.1, -0.05) is 60.7 Å². The van der Waals surface area contributed by atoms with Crippen molar-refractivity contribution in [3.63, 3.8) is 0 Å². The van der Waals surface area contributed by atoms with Crippen molar-refractivity contribution >= 4 is 5.97 Å². The molecule has 5 rings (SSSR count). The maximum Gasteiger partial charge on any atom is 0.313 e. The first kappa shape index (κ1) is 16.3. The van der Waals surface area contributed by atoms with Crippen molar-refractivity contribution in [1.82, 2.24) is 0 Å². The van der Waals surface area contributed by atoms with Gasteiger partial charge in [0, 0.05) is 11.1 Å². The smallest absolute Gasteiger partial charge is 0.313 e. The van der Waals surface area contributed by atoms with Gasteiger partial charge in [-0.2, -0.15) is 0 Å². The third-order valence-corrected chi connectivity index (χ3v) is 5.88. The fourth-order valence-electron chi connectivity index (χ4n) is 4.69. The van der Waals surface area contributed by atoms with Gasteiger partial charge in [0.15, 0.2) is 5.60 Å². The molecule has 3 nitrogen and oxygen atoms in total. The van der Waals surface area contributed by atoms with E-state index in [2.05, 4.69) is 6.92 Å². The minimum Gasteiger partial charge on any atom is -0.446 e. The van der Waals surface area contributed by atoms with E-state index in [0.29, 0.717) is 0 Å². The number of carbonyl (C=O) groups is 1. The van der Waals surface area contributed by atoms with Crippen LogP contribution in [0.5, 0.6) is 0 Å². The lowest BCUT2D eigenvalue weighted by Crippen LogP contribution is -2.57. The molecule has 0 aliphatic carbocycles. The molecule has 0 aromatic heterocycles. The molecular formula is C22H24O3. The number of benzene rings is 2. The van der Waals surface area contributed by atoms with E-state index in [9.17, 15) is 4.79 Å². The van der Waals surface area contributed by atoms with Gasteiger partial charge in [-0.3, -0.25) is 4.79 Å². The Morgan fingerprint density at radius 2 is 1.40 bits per heavy atom. The Morgan fingerprint density at radius 3 is 1.88 bits per heavy atom. The zero-order valence-electron chi connectivity index (χ0n) is 15.0. The van der Waals surface area contributed by atoms with Crippen molar-refractivity contribution in [1.29, 1.82) is 0 Å². The van der Waals surface area contributed by atoms with Gasteiger partial charge < -0.3 is 9.47 Å². The first-order valence-corrected chi connectivity index (χ1v) is 8.93. The van der Waals surface area contributed by atoms with Crippen LogP contribution in [0.4, 0.5) is 0 Å². The minimum absolute atomic E-state index is 0.168. The summed E-state index contributed by atoms with van der Waals surface area (Å²) < 4.78 is 13.0. The average Bonchev–Trinajstić information content (AvgIpc) is 2.75. The molecule has 3 fully saturated rings. The highest BCUT2D eigenvalue weighted by atomic mass is 16.6. The van der Waals surface area contributed by atoms with Gasteiger partial charge in [-0.05, 0) is 33.6 Å². The first-order chi connectivity index (χ1) is 11.9. The fraction of sp³-hybridized carbons (Fsp3) is 0.409. The van der Waals surface area contributed by atoms with Crippen LogP contribution in [0.3, 0.4) is 0 Å². The summed E-state index contributed by atoms with van der Waals surface area (Å²) in [5.74, 6) is -0.409. The second kappa shape index (κ2) is 5.43. The van der Waals surface area contributed by atoms with Crippen LogP contribution in [-0.4, -0.2) is 17.2 Å². The van der Waals surface area contributed by atoms with Crippen LogP contribution in [0.25, 0.3) is 0 Å². The summed E-state index contributed by atoms with van der Waals surface area (Å²) in [7, 11) is 0. The molecule has 3 saturated heterocycles. The van der Waals surface area contributed by atoms with Crippen LogP contribution < -0.4 is 0 Å². The number of fused-ring (bicyclic) bond motifs is 4. The number of rotatable bonds is 2. The van der Waals surface area contributed by atoms with E-state index in [1.54, 1.807) is 0 Å². The summed E-state index contributed by atoms with van der Waals surface area (Å²) >= 11 is 0. The van der Waals surface area contributed by atoms with E-state index in [1.165, 1.54) is 0 Å². The molecule has 25 heavy (non-hydrogen) atoms. The molecule has 2 atom stereocenters. The third kappa shape index (κ3) is 2.26. The zero-order chi connectivity index (χ0) is 17.7. The monoisotopic (exact) mass is 336 g/mol. The Bertz CT molecular complexity index is 742. The molecule has 3 heteroatoms. The van der Waals surface area contributed by atoms with Crippen LogP contribution >= 0.6 is 0 Å². The molecule has 0 N–H and O–H groups in total. The van der Waals surface area contributed by atoms with Crippen molar-refractivity contribution in [2.45, 2.75) is 50.4 Å². The molecule has 2 aromatic carbocycles. The van der Waals surface area contributed by atoms with Crippen molar-refractivity contribution in [2.24, 2.45) is 5.92 Å². The van der Waals surface area contributed by atoms with E-state index in [-0.39, 0.29) is 11.9 Å². The molecule has 130 valence electrons. The molecule has 0 saturated carbocycles. The van der Waals surface area contributed by atoms with E-state index < -0.39 is 16.8 Å². The van der Waals surface area contributed by atoms with Gasteiger partial charge in [-0.25, -0.2) is 0 Å². The molecule has 2 bridgehead atoms. The van der Waals surface area contributed by atoms with Gasteiger partial charge in [0.05, 0.1) is 11.5 Å². The summed E-state index contributed by atoms with van der Waals surface area (Å²) in [5.41, 5.74) is -0.224. The summed E-state index contributed by atoms with van der Waals surface area (Å²) in [6.07, 6.45) is 1.56. The molecule has 2 aromatic rings. The van der Waals surface area contributed by atoms with Crippen molar-refractivity contribution in [2.75, 3.05) is 0 Å². The van der Waals surface area contributed by atoms with Crippen molar-refractivity contribution < 1.29 is 14.3 Å². The Kier molecular flexibility index (Phi) is 3.55. The number of hydrogen-bond acceptors (Lipinski definition) is 3. The summed E-state index contributed by atoms with van der Waals surface area (Å²) in [6, 6.07) is 20.0. The second-order valence-electron chi connectivity index (χ2n) is 7.86. The Hall–Kier alpha value is -2.13. The van der Waals surface area contributed by atoms with Crippen LogP contribution in [0.2, 0.25) is 0 Å². The SMILES string of the molecule is CC1(C)O[C@]2(C)CC[C@@H]1C(=O)OC2(c1ccccc1)c1ccccc1. The van der Waals surface area contributed by atoms with Crippen LogP contribution in [-0.2, 0) is 19.9 Å². The van der Waals surface area contributed by atoms with Gasteiger partial charge in [0.2, 0.25) is 0 Å². The predicted octanol–water partition coefficient (Wildman–Crippen LogP) is 4.45. The molecule has 0 unspecified atom stereocenters. The average molecular weight is 336 g/mol. The van der Waals surface area contributed by atoms with E-state index >= 15 is 0 Å². The van der Waals surface area contributed by atoms with E-state index in [1.807, 2.05) is 74.5 Å². The zero-order valence-corrected chi connectivity index (χ0v) is 15.0. The number of ether oxygens (including phenoxy) is 2. The van der Waals surface area contributed by atoms with Gasteiger partial charge in [0.1, 0.15) is 5.60 Å². The van der Waals surface area contributed by atoms with Crippen LogP contribution in [0, 0.1) is 5.92 Å². The topological polar surface area (TPSA) is 35.5 Å². The van der Waals surface area contributed by atoms with E-state index in [4.69, 9.17) is 9.47 Å². The molecular weight excluding hydrogens is 312 g/mol. The van der Waals surface area contributed by atoms with Crippen molar-refractivity contribution in [3.05, 3.63) is 71.8 Å². The summed E-state index contributed by atoms with van der Waals surface area (Å²) in [4.78, 5) is 13.1. The lowest BCUT2D eigenvalue weighted by molar-refractivity contribution is -0.223. The number of carbonyl (C=O) groups excluding carboxylic acids is 1.